The highest BCUT2D eigenvalue weighted by atomic mass is 35.5. The fourth-order valence-corrected chi connectivity index (χ4v) is 3.81. The van der Waals surface area contributed by atoms with Crippen molar-refractivity contribution in [1.82, 2.24) is 9.88 Å². The van der Waals surface area contributed by atoms with Crippen LogP contribution in [0.4, 0.5) is 10.8 Å². The molecule has 0 spiro atoms. The molecule has 0 atom stereocenters. The van der Waals surface area contributed by atoms with E-state index in [1.54, 1.807) is 55.9 Å². The van der Waals surface area contributed by atoms with Crippen LogP contribution in [0.3, 0.4) is 0 Å². The van der Waals surface area contributed by atoms with Crippen LogP contribution in [0.5, 0.6) is 0 Å². The lowest BCUT2D eigenvalue weighted by Crippen LogP contribution is -2.27. The molecule has 0 bridgehead atoms. The zero-order valence-electron chi connectivity index (χ0n) is 14.8. The van der Waals surface area contributed by atoms with Crippen molar-refractivity contribution >= 4 is 68.8 Å². The highest BCUT2D eigenvalue weighted by Crippen LogP contribution is 2.33. The molecule has 144 valence electrons. The van der Waals surface area contributed by atoms with Crippen LogP contribution in [0.25, 0.3) is 0 Å². The average Bonchev–Trinajstić information content (AvgIpc) is 3.12. The van der Waals surface area contributed by atoms with Crippen LogP contribution in [-0.2, 0) is 0 Å². The van der Waals surface area contributed by atoms with Crippen LogP contribution in [-0.4, -0.2) is 35.8 Å². The SMILES string of the molecule is CN(C)C(=O)c1csc(N(C(=O)c2ccc(Cl)cc2Cl)c2ccc(Cl)cc2)n1. The van der Waals surface area contributed by atoms with E-state index in [-0.39, 0.29) is 22.2 Å². The Labute approximate surface area is 181 Å². The number of carbonyl (C=O) groups excluding carboxylic acids is 2. The molecule has 1 heterocycles. The van der Waals surface area contributed by atoms with Gasteiger partial charge in [0.15, 0.2) is 5.13 Å². The summed E-state index contributed by atoms with van der Waals surface area (Å²) in [6.07, 6.45) is 0. The summed E-state index contributed by atoms with van der Waals surface area (Å²) >= 11 is 19.3. The highest BCUT2D eigenvalue weighted by Gasteiger charge is 2.26. The van der Waals surface area contributed by atoms with Gasteiger partial charge in [-0.05, 0) is 42.5 Å². The molecule has 0 saturated heterocycles. The quantitative estimate of drug-likeness (QED) is 0.502. The molecule has 28 heavy (non-hydrogen) atoms. The first kappa shape index (κ1) is 20.6. The van der Waals surface area contributed by atoms with Crippen LogP contribution in [0.15, 0.2) is 47.8 Å². The van der Waals surface area contributed by atoms with Crippen molar-refractivity contribution < 1.29 is 9.59 Å². The second-order valence-electron chi connectivity index (χ2n) is 5.96. The van der Waals surface area contributed by atoms with E-state index in [1.165, 1.54) is 27.2 Å². The van der Waals surface area contributed by atoms with Crippen molar-refractivity contribution in [3.8, 4) is 0 Å². The maximum atomic E-state index is 13.3. The fraction of sp³-hybridized carbons (Fsp3) is 0.105. The highest BCUT2D eigenvalue weighted by molar-refractivity contribution is 7.14. The third kappa shape index (κ3) is 4.31. The van der Waals surface area contributed by atoms with E-state index in [9.17, 15) is 9.59 Å². The molecule has 0 saturated carbocycles. The second-order valence-corrected chi connectivity index (χ2v) is 8.07. The summed E-state index contributed by atoms with van der Waals surface area (Å²) in [6.45, 7) is 0. The third-order valence-corrected chi connectivity index (χ3v) is 5.38. The van der Waals surface area contributed by atoms with Gasteiger partial charge in [0, 0.05) is 29.5 Å². The summed E-state index contributed by atoms with van der Waals surface area (Å²) in [5.41, 5.74) is 1.05. The van der Waals surface area contributed by atoms with Crippen LogP contribution in [0.2, 0.25) is 15.1 Å². The lowest BCUT2D eigenvalue weighted by molar-refractivity contribution is 0.0822. The van der Waals surface area contributed by atoms with Gasteiger partial charge in [-0.15, -0.1) is 11.3 Å². The minimum atomic E-state index is -0.401. The van der Waals surface area contributed by atoms with Gasteiger partial charge in [-0.2, -0.15) is 0 Å². The number of carbonyl (C=O) groups is 2. The number of thiazole rings is 1. The maximum Gasteiger partial charge on any atom is 0.272 e. The number of aromatic nitrogens is 1. The molecular formula is C19H14Cl3N3O2S. The summed E-state index contributed by atoms with van der Waals surface area (Å²) in [4.78, 5) is 32.7. The largest absolute Gasteiger partial charge is 0.343 e. The lowest BCUT2D eigenvalue weighted by atomic mass is 10.2. The normalized spacial score (nSPS) is 10.6. The summed E-state index contributed by atoms with van der Waals surface area (Å²) in [7, 11) is 3.27. The molecule has 0 aliphatic heterocycles. The molecule has 0 radical (unpaired) electrons. The Balaban J connectivity index is 2.09. The third-order valence-electron chi connectivity index (χ3n) is 3.76. The molecule has 3 rings (SSSR count). The number of rotatable bonds is 4. The Hall–Kier alpha value is -2.12. The summed E-state index contributed by atoms with van der Waals surface area (Å²) in [6, 6.07) is 11.4. The average molecular weight is 455 g/mol. The van der Waals surface area contributed by atoms with Crippen molar-refractivity contribution in [3.05, 3.63) is 74.2 Å². The Kier molecular flexibility index (Phi) is 6.25. The number of hydrogen-bond donors (Lipinski definition) is 0. The van der Waals surface area contributed by atoms with Crippen molar-refractivity contribution in [2.24, 2.45) is 0 Å². The van der Waals surface area contributed by atoms with Gasteiger partial charge < -0.3 is 4.90 Å². The van der Waals surface area contributed by atoms with Gasteiger partial charge in [0.05, 0.1) is 16.3 Å². The zero-order chi connectivity index (χ0) is 20.4. The number of benzene rings is 2. The topological polar surface area (TPSA) is 53.5 Å². The van der Waals surface area contributed by atoms with Crippen molar-refractivity contribution in [2.45, 2.75) is 0 Å². The van der Waals surface area contributed by atoms with Gasteiger partial charge in [0.1, 0.15) is 5.69 Å². The van der Waals surface area contributed by atoms with Gasteiger partial charge in [-0.1, -0.05) is 34.8 Å². The van der Waals surface area contributed by atoms with E-state index in [0.29, 0.717) is 20.9 Å². The molecule has 9 heteroatoms. The maximum absolute atomic E-state index is 13.3. The van der Waals surface area contributed by atoms with Crippen molar-refractivity contribution in [2.75, 3.05) is 19.0 Å². The van der Waals surface area contributed by atoms with E-state index >= 15 is 0 Å². The van der Waals surface area contributed by atoms with E-state index in [2.05, 4.69) is 4.98 Å². The second kappa shape index (κ2) is 8.49. The minimum absolute atomic E-state index is 0.220. The molecule has 0 aliphatic rings. The standard InChI is InChI=1S/C19H14Cl3N3O2S/c1-24(2)18(27)16-10-28-19(23-16)25(13-6-3-11(20)4-7-13)17(26)14-8-5-12(21)9-15(14)22/h3-10H,1-2H3. The Bertz CT molecular complexity index is 1040. The van der Waals surface area contributed by atoms with Crippen LogP contribution < -0.4 is 4.90 Å². The van der Waals surface area contributed by atoms with Gasteiger partial charge in [0.25, 0.3) is 11.8 Å². The minimum Gasteiger partial charge on any atom is -0.343 e. The van der Waals surface area contributed by atoms with Gasteiger partial charge in [-0.3, -0.25) is 14.5 Å². The fourth-order valence-electron chi connectivity index (χ4n) is 2.38. The van der Waals surface area contributed by atoms with Crippen molar-refractivity contribution in [3.63, 3.8) is 0 Å². The first-order valence-electron chi connectivity index (χ1n) is 8.00. The van der Waals surface area contributed by atoms with Gasteiger partial charge in [-0.25, -0.2) is 4.98 Å². The number of nitrogens with zero attached hydrogens (tertiary/aromatic N) is 3. The Morgan fingerprint density at radius 3 is 2.18 bits per heavy atom. The zero-order valence-corrected chi connectivity index (χ0v) is 17.9. The summed E-state index contributed by atoms with van der Waals surface area (Å²) in [5.74, 6) is -0.655. The number of hydrogen-bond acceptors (Lipinski definition) is 4. The lowest BCUT2D eigenvalue weighted by Gasteiger charge is -2.21. The van der Waals surface area contributed by atoms with Crippen LogP contribution >= 0.6 is 46.1 Å². The number of amides is 2. The summed E-state index contributed by atoms with van der Waals surface area (Å²) in [5, 5.41) is 3.12. The molecule has 0 N–H and O–H groups in total. The monoisotopic (exact) mass is 453 g/mol. The summed E-state index contributed by atoms with van der Waals surface area (Å²) < 4.78 is 0. The van der Waals surface area contributed by atoms with E-state index in [4.69, 9.17) is 34.8 Å². The molecule has 0 fully saturated rings. The van der Waals surface area contributed by atoms with Crippen LogP contribution in [0, 0.1) is 0 Å². The molecule has 3 aromatic rings. The molecular weight excluding hydrogens is 441 g/mol. The number of anilines is 2. The van der Waals surface area contributed by atoms with E-state index < -0.39 is 5.91 Å². The molecule has 2 amide bonds. The molecule has 0 unspecified atom stereocenters. The first-order valence-corrected chi connectivity index (χ1v) is 10.0. The van der Waals surface area contributed by atoms with E-state index in [0.717, 1.165) is 0 Å². The van der Waals surface area contributed by atoms with Crippen LogP contribution in [0.1, 0.15) is 20.8 Å². The Morgan fingerprint density at radius 1 is 0.929 bits per heavy atom. The van der Waals surface area contributed by atoms with Crippen molar-refractivity contribution in [1.29, 1.82) is 0 Å². The van der Waals surface area contributed by atoms with Gasteiger partial charge in [0.2, 0.25) is 0 Å². The number of halogens is 3. The smallest absolute Gasteiger partial charge is 0.272 e. The predicted molar refractivity (Wildman–Crippen MR) is 115 cm³/mol. The Morgan fingerprint density at radius 2 is 1.57 bits per heavy atom. The molecule has 2 aromatic carbocycles. The molecule has 5 nitrogen and oxygen atoms in total. The molecule has 1 aromatic heterocycles. The van der Waals surface area contributed by atoms with Gasteiger partial charge >= 0.3 is 0 Å². The first-order chi connectivity index (χ1) is 13.3. The predicted octanol–water partition coefficient (Wildman–Crippen LogP) is 5.78. The van der Waals surface area contributed by atoms with E-state index in [1.807, 2.05) is 0 Å². The molecule has 0 aliphatic carbocycles.